The topological polar surface area (TPSA) is 44.3 Å². The van der Waals surface area contributed by atoms with Crippen LogP contribution < -0.4 is 10.2 Å². The highest BCUT2D eigenvalue weighted by Crippen LogP contribution is 2.25. The van der Waals surface area contributed by atoms with Gasteiger partial charge in [0.25, 0.3) is 0 Å². The van der Waals surface area contributed by atoms with Crippen LogP contribution in [-0.2, 0) is 6.42 Å². The molecule has 0 spiro atoms. The van der Waals surface area contributed by atoms with Crippen molar-refractivity contribution in [3.8, 4) is 0 Å². The molecular weight excluding hydrogens is 262 g/mol. The third kappa shape index (κ3) is 3.46. The Bertz CT molecular complexity index is 474. The van der Waals surface area contributed by atoms with E-state index in [4.69, 9.17) is 4.98 Å². The van der Waals surface area contributed by atoms with E-state index in [1.807, 2.05) is 7.05 Å². The Hall–Kier alpha value is -1.36. The van der Waals surface area contributed by atoms with Crippen molar-refractivity contribution in [1.82, 2.24) is 14.9 Å². The van der Waals surface area contributed by atoms with Crippen LogP contribution in [0, 0.1) is 6.92 Å². The third-order valence-electron chi connectivity index (χ3n) is 4.47. The highest BCUT2D eigenvalue weighted by Gasteiger charge is 2.25. The van der Waals surface area contributed by atoms with Gasteiger partial charge in [-0.3, -0.25) is 4.90 Å². The highest BCUT2D eigenvalue weighted by molar-refractivity contribution is 5.58. The third-order valence-corrected chi connectivity index (χ3v) is 4.47. The van der Waals surface area contributed by atoms with E-state index >= 15 is 0 Å². The van der Waals surface area contributed by atoms with Crippen molar-refractivity contribution in [3.63, 3.8) is 0 Å². The average molecular weight is 291 g/mol. The van der Waals surface area contributed by atoms with Gasteiger partial charge in [0.15, 0.2) is 0 Å². The van der Waals surface area contributed by atoms with Gasteiger partial charge in [-0.05, 0) is 32.9 Å². The zero-order valence-corrected chi connectivity index (χ0v) is 14.1. The largest absolute Gasteiger partial charge is 0.373 e. The average Bonchev–Trinajstić information content (AvgIpc) is 2.94. The molecule has 118 valence electrons. The smallest absolute Gasteiger partial charge is 0.137 e. The number of aromatic nitrogens is 2. The van der Waals surface area contributed by atoms with Crippen LogP contribution in [0.2, 0.25) is 0 Å². The molecule has 0 aromatic carbocycles. The zero-order valence-electron chi connectivity index (χ0n) is 14.1. The van der Waals surface area contributed by atoms with Gasteiger partial charge in [0.05, 0.1) is 0 Å². The quantitative estimate of drug-likeness (QED) is 0.871. The summed E-state index contributed by atoms with van der Waals surface area (Å²) < 4.78 is 0. The molecule has 1 aromatic rings. The Balaban J connectivity index is 2.20. The van der Waals surface area contributed by atoms with Crippen molar-refractivity contribution in [2.45, 2.75) is 46.1 Å². The van der Waals surface area contributed by atoms with E-state index in [2.05, 4.69) is 47.9 Å². The van der Waals surface area contributed by atoms with Gasteiger partial charge in [0.2, 0.25) is 0 Å². The molecule has 1 unspecified atom stereocenters. The van der Waals surface area contributed by atoms with Gasteiger partial charge in [0, 0.05) is 38.7 Å². The molecule has 1 aliphatic heterocycles. The van der Waals surface area contributed by atoms with Gasteiger partial charge in [-0.25, -0.2) is 9.97 Å². The first-order valence-electron chi connectivity index (χ1n) is 8.11. The van der Waals surface area contributed by atoms with Crippen molar-refractivity contribution in [2.24, 2.45) is 0 Å². The zero-order chi connectivity index (χ0) is 15.4. The first-order valence-corrected chi connectivity index (χ1v) is 8.11. The summed E-state index contributed by atoms with van der Waals surface area (Å²) in [6, 6.07) is 0.650. The minimum Gasteiger partial charge on any atom is -0.373 e. The maximum absolute atomic E-state index is 4.75. The van der Waals surface area contributed by atoms with Gasteiger partial charge in [-0.15, -0.1) is 0 Å². The number of hydrogen-bond acceptors (Lipinski definition) is 5. The molecule has 21 heavy (non-hydrogen) atoms. The second-order valence-electron chi connectivity index (χ2n) is 5.85. The van der Waals surface area contributed by atoms with E-state index in [0.717, 1.165) is 42.5 Å². The van der Waals surface area contributed by atoms with Crippen LogP contribution in [0.15, 0.2) is 0 Å². The molecule has 1 aromatic heterocycles. The molecule has 2 rings (SSSR count). The maximum atomic E-state index is 4.75. The predicted molar refractivity (Wildman–Crippen MR) is 89.2 cm³/mol. The highest BCUT2D eigenvalue weighted by atomic mass is 15.3. The monoisotopic (exact) mass is 291 g/mol. The molecule has 0 saturated carbocycles. The molecule has 1 N–H and O–H groups in total. The van der Waals surface area contributed by atoms with Crippen LogP contribution in [0.1, 0.15) is 38.1 Å². The molecule has 5 nitrogen and oxygen atoms in total. The van der Waals surface area contributed by atoms with E-state index in [9.17, 15) is 0 Å². The van der Waals surface area contributed by atoms with Crippen LogP contribution in [0.5, 0.6) is 0 Å². The second kappa shape index (κ2) is 7.07. The summed E-state index contributed by atoms with van der Waals surface area (Å²) in [6.45, 7) is 9.87. The number of nitrogens with one attached hydrogen (secondary N) is 1. The second-order valence-corrected chi connectivity index (χ2v) is 5.85. The minimum atomic E-state index is 0.650. The molecule has 0 radical (unpaired) electrons. The van der Waals surface area contributed by atoms with E-state index in [-0.39, 0.29) is 0 Å². The van der Waals surface area contributed by atoms with Gasteiger partial charge >= 0.3 is 0 Å². The number of hydrogen-bond donors (Lipinski definition) is 1. The van der Waals surface area contributed by atoms with E-state index in [1.165, 1.54) is 19.4 Å². The van der Waals surface area contributed by atoms with Crippen LogP contribution in [0.3, 0.4) is 0 Å². The van der Waals surface area contributed by atoms with Crippen LogP contribution in [0.4, 0.5) is 11.6 Å². The van der Waals surface area contributed by atoms with Crippen molar-refractivity contribution in [3.05, 3.63) is 11.4 Å². The number of rotatable bonds is 6. The Morgan fingerprint density at radius 3 is 2.71 bits per heavy atom. The Morgan fingerprint density at radius 1 is 1.33 bits per heavy atom. The first-order chi connectivity index (χ1) is 10.1. The molecule has 2 heterocycles. The van der Waals surface area contributed by atoms with Crippen LogP contribution in [0.25, 0.3) is 0 Å². The van der Waals surface area contributed by atoms with Crippen molar-refractivity contribution in [1.29, 1.82) is 0 Å². The number of nitrogens with zero attached hydrogens (tertiary/aromatic N) is 4. The summed E-state index contributed by atoms with van der Waals surface area (Å²) in [5.74, 6) is 2.92. The Morgan fingerprint density at radius 2 is 2.10 bits per heavy atom. The number of aryl methyl sites for hydroxylation is 1. The molecule has 1 aliphatic rings. The summed E-state index contributed by atoms with van der Waals surface area (Å²) in [6.07, 6.45) is 3.47. The van der Waals surface area contributed by atoms with Crippen LogP contribution >= 0.6 is 0 Å². The lowest BCUT2D eigenvalue weighted by atomic mass is 10.2. The molecule has 1 saturated heterocycles. The Labute approximate surface area is 128 Å². The minimum absolute atomic E-state index is 0.650. The fourth-order valence-electron chi connectivity index (χ4n) is 3.24. The van der Waals surface area contributed by atoms with Crippen LogP contribution in [-0.4, -0.2) is 54.6 Å². The normalized spacial score (nSPS) is 19.0. The molecule has 0 aliphatic carbocycles. The van der Waals surface area contributed by atoms with Crippen molar-refractivity contribution in [2.75, 3.05) is 43.9 Å². The van der Waals surface area contributed by atoms with Gasteiger partial charge in [-0.2, -0.15) is 0 Å². The Kier molecular flexibility index (Phi) is 5.39. The number of likely N-dealkylation sites (tertiary alicyclic amines) is 1. The lowest BCUT2D eigenvalue weighted by Gasteiger charge is -2.29. The summed E-state index contributed by atoms with van der Waals surface area (Å²) in [7, 11) is 4.08. The first kappa shape index (κ1) is 16.0. The fourth-order valence-corrected chi connectivity index (χ4v) is 3.24. The predicted octanol–water partition coefficient (Wildman–Crippen LogP) is 2.31. The number of likely N-dealkylation sites (N-methyl/N-ethyl adjacent to an activating group) is 2. The molecule has 1 fully saturated rings. The van der Waals surface area contributed by atoms with E-state index < -0.39 is 0 Å². The molecule has 0 amide bonds. The van der Waals surface area contributed by atoms with E-state index in [0.29, 0.717) is 6.04 Å². The summed E-state index contributed by atoms with van der Waals surface area (Å²) in [5.41, 5.74) is 1.14. The maximum Gasteiger partial charge on any atom is 0.137 e. The SMILES string of the molecule is CCc1nc(NC)c(C)c(N(C)CC2CCCN2CC)n1. The van der Waals surface area contributed by atoms with Gasteiger partial charge < -0.3 is 10.2 Å². The lowest BCUT2D eigenvalue weighted by Crippen LogP contribution is -2.39. The van der Waals surface area contributed by atoms with Gasteiger partial charge in [-0.1, -0.05) is 13.8 Å². The van der Waals surface area contributed by atoms with Crippen molar-refractivity contribution < 1.29 is 0 Å². The van der Waals surface area contributed by atoms with Gasteiger partial charge in [0.1, 0.15) is 17.5 Å². The fraction of sp³-hybridized carbons (Fsp3) is 0.750. The molecular formula is C16H29N5. The van der Waals surface area contributed by atoms with Crippen molar-refractivity contribution >= 4 is 11.6 Å². The number of anilines is 2. The summed E-state index contributed by atoms with van der Waals surface area (Å²) >= 11 is 0. The molecule has 0 bridgehead atoms. The van der Waals surface area contributed by atoms with E-state index in [1.54, 1.807) is 0 Å². The standard InChI is InChI=1S/C16H29N5/c1-6-14-18-15(17-4)12(3)16(19-14)20(5)11-13-9-8-10-21(13)7-2/h13H,6-11H2,1-5H3,(H,17,18,19). The molecule has 5 heteroatoms. The lowest BCUT2D eigenvalue weighted by molar-refractivity contribution is 0.270. The summed E-state index contributed by atoms with van der Waals surface area (Å²) in [4.78, 5) is 14.2. The molecule has 1 atom stereocenters. The summed E-state index contributed by atoms with van der Waals surface area (Å²) in [5, 5.41) is 3.19.